The van der Waals surface area contributed by atoms with Gasteiger partial charge in [-0.25, -0.2) is 0 Å². The van der Waals surface area contributed by atoms with Gasteiger partial charge in [0.1, 0.15) is 0 Å². The van der Waals surface area contributed by atoms with E-state index in [0.29, 0.717) is 0 Å². The molecule has 0 aromatic rings. The molecule has 0 aliphatic heterocycles. The van der Waals surface area contributed by atoms with Crippen LogP contribution in [-0.2, 0) is 0 Å². The van der Waals surface area contributed by atoms with Crippen molar-refractivity contribution in [2.75, 3.05) is 27.2 Å². The highest BCUT2D eigenvalue weighted by Gasteiger charge is 2.25. The number of hydrogen-bond donors (Lipinski definition) is 1. The van der Waals surface area contributed by atoms with Crippen molar-refractivity contribution < 1.29 is 0 Å². The number of nitrogens with zero attached hydrogens (tertiary/aromatic N) is 1. The molecular weight excluding hydrogens is 196 g/mol. The van der Waals surface area contributed by atoms with Crippen molar-refractivity contribution in [3.8, 4) is 0 Å². The molecule has 2 heteroatoms. The second-order valence-corrected chi connectivity index (χ2v) is 5.39. The van der Waals surface area contributed by atoms with Crippen LogP contribution in [0.25, 0.3) is 0 Å². The summed E-state index contributed by atoms with van der Waals surface area (Å²) in [5.41, 5.74) is 0. The summed E-state index contributed by atoms with van der Waals surface area (Å²) in [5.74, 6) is 0.929. The van der Waals surface area contributed by atoms with Crippen molar-refractivity contribution in [2.45, 2.75) is 57.9 Å². The summed E-state index contributed by atoms with van der Waals surface area (Å²) in [4.78, 5) is 2.51. The van der Waals surface area contributed by atoms with E-state index < -0.39 is 0 Å². The summed E-state index contributed by atoms with van der Waals surface area (Å²) in [6.07, 6.45) is 9.72. The van der Waals surface area contributed by atoms with Crippen LogP contribution >= 0.6 is 0 Å². The SMILES string of the molecule is CCCCCN(C)CCC1CCCC1NC. The topological polar surface area (TPSA) is 15.3 Å². The Labute approximate surface area is 102 Å². The molecule has 16 heavy (non-hydrogen) atoms. The normalized spacial score (nSPS) is 25.5. The predicted molar refractivity (Wildman–Crippen MR) is 71.8 cm³/mol. The fraction of sp³-hybridized carbons (Fsp3) is 1.00. The second kappa shape index (κ2) is 8.08. The van der Waals surface area contributed by atoms with Gasteiger partial charge in [-0.1, -0.05) is 26.2 Å². The molecule has 1 aliphatic carbocycles. The van der Waals surface area contributed by atoms with Crippen LogP contribution in [-0.4, -0.2) is 38.1 Å². The van der Waals surface area contributed by atoms with Crippen molar-refractivity contribution in [1.29, 1.82) is 0 Å². The van der Waals surface area contributed by atoms with Crippen LogP contribution in [0, 0.1) is 5.92 Å². The van der Waals surface area contributed by atoms with Gasteiger partial charge in [0.2, 0.25) is 0 Å². The third-order valence-corrected chi connectivity index (χ3v) is 4.05. The first-order chi connectivity index (χ1) is 7.77. The van der Waals surface area contributed by atoms with Gasteiger partial charge in [-0.05, 0) is 58.8 Å². The van der Waals surface area contributed by atoms with Crippen molar-refractivity contribution in [3.63, 3.8) is 0 Å². The Morgan fingerprint density at radius 3 is 2.69 bits per heavy atom. The minimum absolute atomic E-state index is 0.795. The van der Waals surface area contributed by atoms with Crippen molar-refractivity contribution in [3.05, 3.63) is 0 Å². The maximum atomic E-state index is 3.47. The van der Waals surface area contributed by atoms with E-state index in [1.54, 1.807) is 0 Å². The molecule has 0 heterocycles. The average molecular weight is 226 g/mol. The Kier molecular flexibility index (Phi) is 7.06. The maximum Gasteiger partial charge on any atom is 0.00928 e. The van der Waals surface area contributed by atoms with Crippen LogP contribution in [0.3, 0.4) is 0 Å². The van der Waals surface area contributed by atoms with E-state index in [-0.39, 0.29) is 0 Å². The molecule has 0 radical (unpaired) electrons. The Morgan fingerprint density at radius 2 is 2.00 bits per heavy atom. The Balaban J connectivity index is 2.08. The van der Waals surface area contributed by atoms with Gasteiger partial charge in [0.05, 0.1) is 0 Å². The predicted octanol–water partition coefficient (Wildman–Crippen LogP) is 2.89. The van der Waals surface area contributed by atoms with E-state index in [1.165, 1.54) is 58.0 Å². The van der Waals surface area contributed by atoms with Crippen LogP contribution in [0.4, 0.5) is 0 Å². The molecule has 2 nitrogen and oxygen atoms in total. The van der Waals surface area contributed by atoms with Crippen LogP contribution in [0.1, 0.15) is 51.9 Å². The third-order valence-electron chi connectivity index (χ3n) is 4.05. The molecular formula is C14H30N2. The smallest absolute Gasteiger partial charge is 0.00928 e. The lowest BCUT2D eigenvalue weighted by Crippen LogP contribution is -2.31. The lowest BCUT2D eigenvalue weighted by atomic mass is 9.99. The van der Waals surface area contributed by atoms with E-state index in [0.717, 1.165) is 12.0 Å². The first-order valence-corrected chi connectivity index (χ1v) is 7.13. The molecule has 0 aromatic carbocycles. The summed E-state index contributed by atoms with van der Waals surface area (Å²) in [5, 5.41) is 3.47. The van der Waals surface area contributed by atoms with E-state index in [2.05, 4.69) is 31.2 Å². The fourth-order valence-corrected chi connectivity index (χ4v) is 2.89. The standard InChI is InChI=1S/C14H30N2/c1-4-5-6-11-16(3)12-10-13-8-7-9-14(13)15-2/h13-15H,4-12H2,1-3H3. The van der Waals surface area contributed by atoms with Gasteiger partial charge >= 0.3 is 0 Å². The van der Waals surface area contributed by atoms with Crippen molar-refractivity contribution in [2.24, 2.45) is 5.92 Å². The van der Waals surface area contributed by atoms with Crippen LogP contribution in [0.5, 0.6) is 0 Å². The summed E-state index contributed by atoms with van der Waals surface area (Å²) < 4.78 is 0. The molecule has 0 amide bonds. The number of nitrogens with one attached hydrogen (secondary N) is 1. The number of hydrogen-bond acceptors (Lipinski definition) is 2. The van der Waals surface area contributed by atoms with E-state index >= 15 is 0 Å². The zero-order valence-electron chi connectivity index (χ0n) is 11.5. The maximum absolute atomic E-state index is 3.47. The van der Waals surface area contributed by atoms with Crippen molar-refractivity contribution >= 4 is 0 Å². The highest BCUT2D eigenvalue weighted by molar-refractivity contribution is 4.82. The first kappa shape index (κ1) is 14.0. The third kappa shape index (κ3) is 4.84. The zero-order chi connectivity index (χ0) is 11.8. The first-order valence-electron chi connectivity index (χ1n) is 7.13. The van der Waals surface area contributed by atoms with Crippen LogP contribution < -0.4 is 5.32 Å². The van der Waals surface area contributed by atoms with Crippen LogP contribution in [0.15, 0.2) is 0 Å². The molecule has 0 spiro atoms. The minimum Gasteiger partial charge on any atom is -0.317 e. The lowest BCUT2D eigenvalue weighted by molar-refractivity contribution is 0.279. The molecule has 96 valence electrons. The summed E-state index contributed by atoms with van der Waals surface area (Å²) >= 11 is 0. The lowest BCUT2D eigenvalue weighted by Gasteiger charge is -2.22. The Bertz CT molecular complexity index is 170. The van der Waals surface area contributed by atoms with Crippen LogP contribution in [0.2, 0.25) is 0 Å². The largest absolute Gasteiger partial charge is 0.317 e. The van der Waals surface area contributed by atoms with Gasteiger partial charge in [0, 0.05) is 6.04 Å². The van der Waals surface area contributed by atoms with E-state index in [9.17, 15) is 0 Å². The molecule has 2 atom stereocenters. The molecule has 1 N–H and O–H groups in total. The fourth-order valence-electron chi connectivity index (χ4n) is 2.89. The highest BCUT2D eigenvalue weighted by atomic mass is 15.1. The van der Waals surface area contributed by atoms with Gasteiger partial charge in [-0.3, -0.25) is 0 Å². The summed E-state index contributed by atoms with van der Waals surface area (Å²) in [7, 11) is 4.40. The van der Waals surface area contributed by atoms with Gasteiger partial charge in [0.25, 0.3) is 0 Å². The number of unbranched alkanes of at least 4 members (excludes halogenated alkanes) is 2. The minimum atomic E-state index is 0.795. The molecule has 1 saturated carbocycles. The molecule has 1 fully saturated rings. The highest BCUT2D eigenvalue weighted by Crippen LogP contribution is 2.28. The van der Waals surface area contributed by atoms with E-state index in [1.807, 2.05) is 0 Å². The Hall–Kier alpha value is -0.0800. The van der Waals surface area contributed by atoms with Gasteiger partial charge in [-0.15, -0.1) is 0 Å². The zero-order valence-corrected chi connectivity index (χ0v) is 11.5. The molecule has 0 bridgehead atoms. The van der Waals surface area contributed by atoms with E-state index in [4.69, 9.17) is 0 Å². The molecule has 0 saturated heterocycles. The monoisotopic (exact) mass is 226 g/mol. The average Bonchev–Trinajstić information content (AvgIpc) is 2.74. The van der Waals surface area contributed by atoms with Gasteiger partial charge in [-0.2, -0.15) is 0 Å². The quantitative estimate of drug-likeness (QED) is 0.640. The molecule has 2 unspecified atom stereocenters. The molecule has 0 aromatic heterocycles. The molecule has 1 aliphatic rings. The second-order valence-electron chi connectivity index (χ2n) is 5.39. The van der Waals surface area contributed by atoms with Gasteiger partial charge in [0.15, 0.2) is 0 Å². The summed E-state index contributed by atoms with van der Waals surface area (Å²) in [6.45, 7) is 4.84. The van der Waals surface area contributed by atoms with Gasteiger partial charge < -0.3 is 10.2 Å². The Morgan fingerprint density at radius 1 is 1.19 bits per heavy atom. The van der Waals surface area contributed by atoms with Crippen molar-refractivity contribution in [1.82, 2.24) is 10.2 Å². The number of rotatable bonds is 8. The summed E-state index contributed by atoms with van der Waals surface area (Å²) in [6, 6.07) is 0.795. The molecule has 1 rings (SSSR count).